The van der Waals surface area contributed by atoms with Crippen LogP contribution in [0.2, 0.25) is 0 Å². The van der Waals surface area contributed by atoms with Crippen molar-refractivity contribution in [3.05, 3.63) is 34.1 Å². The Bertz CT molecular complexity index is 520. The van der Waals surface area contributed by atoms with E-state index in [2.05, 4.69) is 5.32 Å². The number of nitrogens with one attached hydrogen (secondary N) is 1. The molecule has 0 bridgehead atoms. The van der Waals surface area contributed by atoms with Crippen molar-refractivity contribution in [1.29, 1.82) is 0 Å². The van der Waals surface area contributed by atoms with E-state index in [1.807, 2.05) is 6.92 Å². The summed E-state index contributed by atoms with van der Waals surface area (Å²) in [6, 6.07) is 3.09. The number of nitrogens with zero attached hydrogens (tertiary/aromatic N) is 1. The summed E-state index contributed by atoms with van der Waals surface area (Å²) in [5, 5.41) is 13.1. The number of hydrogen-bond donors (Lipinski definition) is 2. The molecule has 0 aliphatic rings. The maximum Gasteiger partial charge on any atom is 0.274 e. The third kappa shape index (κ3) is 5.86. The van der Waals surface area contributed by atoms with Crippen LogP contribution in [0.25, 0.3) is 0 Å². The third-order valence-corrected chi connectivity index (χ3v) is 3.11. The lowest BCUT2D eigenvalue weighted by molar-refractivity contribution is -0.385. The van der Waals surface area contributed by atoms with Crippen LogP contribution in [0.3, 0.4) is 0 Å². The van der Waals surface area contributed by atoms with E-state index < -0.39 is 16.4 Å². The molecule has 2 atom stereocenters. The molecular formula is C14H20FN3O3. The lowest BCUT2D eigenvalue weighted by Crippen LogP contribution is -2.21. The Morgan fingerprint density at radius 1 is 1.38 bits per heavy atom. The molecule has 0 spiro atoms. The molecule has 0 aromatic heterocycles. The molecule has 1 amide bonds. The summed E-state index contributed by atoms with van der Waals surface area (Å²) in [5.74, 6) is -1.32. The molecule has 2 unspecified atom stereocenters. The van der Waals surface area contributed by atoms with Gasteiger partial charge in [0, 0.05) is 18.0 Å². The predicted molar refractivity (Wildman–Crippen MR) is 78.3 cm³/mol. The maximum atomic E-state index is 13.3. The minimum Gasteiger partial charge on any atom is -0.328 e. The maximum absolute atomic E-state index is 13.3. The minimum atomic E-state index is -0.760. The number of halogens is 1. The summed E-state index contributed by atoms with van der Waals surface area (Å²) >= 11 is 0. The molecule has 7 heteroatoms. The van der Waals surface area contributed by atoms with Gasteiger partial charge >= 0.3 is 0 Å². The molecule has 116 valence electrons. The highest BCUT2D eigenvalue weighted by Crippen LogP contribution is 2.21. The fraction of sp³-hybridized carbons (Fsp3) is 0.500. The van der Waals surface area contributed by atoms with Gasteiger partial charge in [0.05, 0.1) is 16.7 Å². The first-order chi connectivity index (χ1) is 9.79. The summed E-state index contributed by atoms with van der Waals surface area (Å²) < 4.78 is 13.3. The second kappa shape index (κ2) is 7.68. The van der Waals surface area contributed by atoms with E-state index in [0.29, 0.717) is 6.42 Å². The van der Waals surface area contributed by atoms with Crippen molar-refractivity contribution < 1.29 is 14.1 Å². The summed E-state index contributed by atoms with van der Waals surface area (Å²) in [4.78, 5) is 21.9. The van der Waals surface area contributed by atoms with Crippen LogP contribution < -0.4 is 11.1 Å². The quantitative estimate of drug-likeness (QED) is 0.597. The fourth-order valence-electron chi connectivity index (χ4n) is 1.89. The second-order valence-corrected chi connectivity index (χ2v) is 5.25. The molecule has 0 fully saturated rings. The van der Waals surface area contributed by atoms with Crippen LogP contribution in [-0.4, -0.2) is 16.9 Å². The molecule has 0 aliphatic carbocycles. The molecule has 3 N–H and O–H groups in total. The fourth-order valence-corrected chi connectivity index (χ4v) is 1.89. The molecule has 1 rings (SSSR count). The Labute approximate surface area is 122 Å². The van der Waals surface area contributed by atoms with Crippen LogP contribution in [0.15, 0.2) is 18.2 Å². The van der Waals surface area contributed by atoms with Crippen LogP contribution in [-0.2, 0) is 4.79 Å². The molecule has 1 aromatic rings. The van der Waals surface area contributed by atoms with Gasteiger partial charge in [-0.2, -0.15) is 0 Å². The van der Waals surface area contributed by atoms with E-state index in [4.69, 9.17) is 5.73 Å². The smallest absolute Gasteiger partial charge is 0.274 e. The van der Waals surface area contributed by atoms with E-state index in [9.17, 15) is 19.3 Å². The Balaban J connectivity index is 2.63. The van der Waals surface area contributed by atoms with Crippen LogP contribution in [0.1, 0.15) is 33.1 Å². The number of nitro benzene ring substituents is 1. The summed E-state index contributed by atoms with van der Waals surface area (Å²) in [5.41, 5.74) is 5.33. The lowest BCUT2D eigenvalue weighted by Gasteiger charge is -2.13. The zero-order valence-electron chi connectivity index (χ0n) is 12.1. The topological polar surface area (TPSA) is 98.3 Å². The average Bonchev–Trinajstić information content (AvgIpc) is 2.37. The molecule has 0 radical (unpaired) electrons. The Morgan fingerprint density at radius 2 is 2.05 bits per heavy atom. The molecule has 21 heavy (non-hydrogen) atoms. The lowest BCUT2D eigenvalue weighted by atomic mass is 10.0. The second-order valence-electron chi connectivity index (χ2n) is 5.25. The number of anilines is 1. The van der Waals surface area contributed by atoms with Gasteiger partial charge in [-0.15, -0.1) is 0 Å². The van der Waals surface area contributed by atoms with Gasteiger partial charge in [0.25, 0.3) is 5.69 Å². The van der Waals surface area contributed by atoms with Gasteiger partial charge in [0.2, 0.25) is 5.91 Å². The van der Waals surface area contributed by atoms with Gasteiger partial charge in [-0.3, -0.25) is 14.9 Å². The monoisotopic (exact) mass is 297 g/mol. The van der Waals surface area contributed by atoms with Gasteiger partial charge < -0.3 is 11.1 Å². The van der Waals surface area contributed by atoms with Gasteiger partial charge in [0.1, 0.15) is 5.82 Å². The highest BCUT2D eigenvalue weighted by molar-refractivity contribution is 5.92. The Morgan fingerprint density at radius 3 is 2.62 bits per heavy atom. The van der Waals surface area contributed by atoms with Gasteiger partial charge in [-0.1, -0.05) is 13.3 Å². The van der Waals surface area contributed by atoms with Crippen LogP contribution in [0, 0.1) is 21.8 Å². The van der Waals surface area contributed by atoms with E-state index >= 15 is 0 Å². The van der Waals surface area contributed by atoms with Crippen LogP contribution in [0.4, 0.5) is 15.8 Å². The third-order valence-electron chi connectivity index (χ3n) is 3.11. The number of nitro groups is 1. The first-order valence-electron chi connectivity index (χ1n) is 6.81. The first kappa shape index (κ1) is 17.0. The standard InChI is InChI=1S/C14H20FN3O3/c1-9(4-3-5-10(2)16)14(19)17-12-6-11(15)7-13(8-12)18(20)21/h6-10H,3-5,16H2,1-2H3,(H,17,19). The Kier molecular flexibility index (Phi) is 6.23. The van der Waals surface area contributed by atoms with Crippen molar-refractivity contribution in [2.45, 2.75) is 39.2 Å². The van der Waals surface area contributed by atoms with Crippen molar-refractivity contribution in [2.24, 2.45) is 11.7 Å². The zero-order chi connectivity index (χ0) is 16.0. The normalized spacial score (nSPS) is 13.5. The summed E-state index contributed by atoms with van der Waals surface area (Å²) in [6.07, 6.45) is 2.30. The van der Waals surface area contributed by atoms with Crippen LogP contribution in [0.5, 0.6) is 0 Å². The molecule has 1 aromatic carbocycles. The van der Waals surface area contributed by atoms with E-state index in [0.717, 1.165) is 31.0 Å². The SMILES string of the molecule is CC(N)CCCC(C)C(=O)Nc1cc(F)cc([N+](=O)[O-])c1. The number of amides is 1. The zero-order valence-corrected chi connectivity index (χ0v) is 12.1. The highest BCUT2D eigenvalue weighted by Gasteiger charge is 2.16. The van der Waals surface area contributed by atoms with Crippen molar-refractivity contribution in [1.82, 2.24) is 0 Å². The average molecular weight is 297 g/mol. The minimum absolute atomic E-state index is 0.0887. The van der Waals surface area contributed by atoms with Gasteiger partial charge in [-0.25, -0.2) is 4.39 Å². The molecule has 0 aliphatic heterocycles. The van der Waals surface area contributed by atoms with Crippen molar-refractivity contribution in [2.75, 3.05) is 5.32 Å². The Hall–Kier alpha value is -2.02. The van der Waals surface area contributed by atoms with Crippen molar-refractivity contribution in [3.8, 4) is 0 Å². The summed E-state index contributed by atoms with van der Waals surface area (Å²) in [7, 11) is 0. The summed E-state index contributed by atoms with van der Waals surface area (Å²) in [6.45, 7) is 3.65. The molecular weight excluding hydrogens is 277 g/mol. The van der Waals surface area contributed by atoms with Crippen molar-refractivity contribution >= 4 is 17.3 Å². The van der Waals surface area contributed by atoms with Gasteiger partial charge in [-0.05, 0) is 25.8 Å². The van der Waals surface area contributed by atoms with Crippen LogP contribution >= 0.6 is 0 Å². The number of carbonyl (C=O) groups excluding carboxylic acids is 1. The predicted octanol–water partition coefficient (Wildman–Crippen LogP) is 2.83. The number of rotatable bonds is 7. The molecule has 0 saturated carbocycles. The van der Waals surface area contributed by atoms with E-state index in [1.165, 1.54) is 0 Å². The molecule has 6 nitrogen and oxygen atoms in total. The molecule has 0 saturated heterocycles. The van der Waals surface area contributed by atoms with E-state index in [-0.39, 0.29) is 23.6 Å². The molecule has 0 heterocycles. The van der Waals surface area contributed by atoms with E-state index in [1.54, 1.807) is 6.92 Å². The number of benzene rings is 1. The number of nitrogens with two attached hydrogens (primary N) is 1. The number of hydrogen-bond acceptors (Lipinski definition) is 4. The largest absolute Gasteiger partial charge is 0.328 e. The number of non-ortho nitro benzene ring substituents is 1. The van der Waals surface area contributed by atoms with Gasteiger partial charge in [0.15, 0.2) is 0 Å². The highest BCUT2D eigenvalue weighted by atomic mass is 19.1. The van der Waals surface area contributed by atoms with Crippen molar-refractivity contribution in [3.63, 3.8) is 0 Å². The number of carbonyl (C=O) groups is 1. The first-order valence-corrected chi connectivity index (χ1v) is 6.81.